The van der Waals surface area contributed by atoms with Crippen molar-refractivity contribution in [2.24, 2.45) is 33.5 Å². The quantitative estimate of drug-likeness (QED) is 0.348. The van der Waals surface area contributed by atoms with Crippen LogP contribution in [0.3, 0.4) is 0 Å². The van der Waals surface area contributed by atoms with Crippen LogP contribution < -0.4 is 0 Å². The first-order valence-corrected chi connectivity index (χ1v) is 9.74. The third-order valence-corrected chi connectivity index (χ3v) is 12.5. The molecule has 5 fully saturated rings. The van der Waals surface area contributed by atoms with Gasteiger partial charge in [0.25, 0.3) is 0 Å². The molecule has 0 spiro atoms. The summed E-state index contributed by atoms with van der Waals surface area (Å²) in [6, 6.07) is 0. The first-order chi connectivity index (χ1) is 10.6. The average molecular weight is 383 g/mol. The normalized spacial score (nSPS) is 61.7. The summed E-state index contributed by atoms with van der Waals surface area (Å²) in [4.78, 5) is 49.5. The summed E-state index contributed by atoms with van der Waals surface area (Å²) >= 11 is -0.00880. The van der Waals surface area contributed by atoms with Gasteiger partial charge in [0.05, 0.1) is 0 Å². The Morgan fingerprint density at radius 3 is 1.30 bits per heavy atom. The molecular formula is C16H16O6Se. The molecule has 6 nitrogen and oxygen atoms in total. The molecule has 0 unspecified atom stereocenters. The van der Waals surface area contributed by atoms with Gasteiger partial charge < -0.3 is 0 Å². The second-order valence-electron chi connectivity index (χ2n) is 8.19. The Balaban J connectivity index is 1.67. The van der Waals surface area contributed by atoms with Gasteiger partial charge in [-0.1, -0.05) is 0 Å². The van der Waals surface area contributed by atoms with Crippen LogP contribution in [0.4, 0.5) is 0 Å². The van der Waals surface area contributed by atoms with Crippen LogP contribution in [0.2, 0.25) is 9.63 Å². The number of carbonyl (C=O) groups excluding carboxylic acids is 4. The van der Waals surface area contributed by atoms with Gasteiger partial charge in [-0.2, -0.15) is 0 Å². The van der Waals surface area contributed by atoms with E-state index >= 15 is 0 Å². The summed E-state index contributed by atoms with van der Waals surface area (Å²) in [6.07, 6.45) is 0. The van der Waals surface area contributed by atoms with Crippen molar-refractivity contribution in [1.82, 2.24) is 0 Å². The summed E-state index contributed by atoms with van der Waals surface area (Å²) < 4.78 is 9.93. The van der Waals surface area contributed by atoms with Crippen LogP contribution in [-0.2, 0) is 28.7 Å². The van der Waals surface area contributed by atoms with E-state index in [0.717, 1.165) is 0 Å². The molecule has 3 aliphatic heterocycles. The zero-order valence-corrected chi connectivity index (χ0v) is 14.9. The number of hydrogen-bond acceptors (Lipinski definition) is 6. The number of cyclic esters (lactones) is 4. The Morgan fingerprint density at radius 2 is 0.957 bits per heavy atom. The molecule has 2 saturated carbocycles. The monoisotopic (exact) mass is 384 g/mol. The molecule has 0 N–H and O–H groups in total. The SMILES string of the molecule is C[C@@]12C(=O)OC(=O)[C@]1(C)[C@@H]1[C@@H]3[C@H]([Se][C@@H]12)[C@@]1(C)C(=O)OC(=O)[C@@]31C. The van der Waals surface area contributed by atoms with Crippen molar-refractivity contribution in [2.75, 3.05) is 0 Å². The maximum absolute atomic E-state index is 12.4. The van der Waals surface area contributed by atoms with Crippen LogP contribution in [0.15, 0.2) is 0 Å². The van der Waals surface area contributed by atoms with E-state index < -0.39 is 45.5 Å². The van der Waals surface area contributed by atoms with Gasteiger partial charge in [0.15, 0.2) is 0 Å². The minimum absolute atomic E-state index is 0.00880. The Kier molecular flexibility index (Phi) is 2.03. The average Bonchev–Trinajstić information content (AvgIpc) is 2.98. The first kappa shape index (κ1) is 14.2. The molecule has 8 atom stereocenters. The van der Waals surface area contributed by atoms with E-state index in [-0.39, 0.29) is 36.4 Å². The van der Waals surface area contributed by atoms with Crippen molar-refractivity contribution in [3.63, 3.8) is 0 Å². The van der Waals surface area contributed by atoms with Gasteiger partial charge >= 0.3 is 138 Å². The van der Waals surface area contributed by atoms with E-state index in [1.54, 1.807) is 13.8 Å². The number of fused-ring (bicyclic) bond motifs is 9. The third-order valence-electron chi connectivity index (χ3n) is 8.03. The molecule has 5 rings (SSSR count). The second kappa shape index (κ2) is 3.29. The molecule has 23 heavy (non-hydrogen) atoms. The van der Waals surface area contributed by atoms with Gasteiger partial charge in [-0.05, 0) is 0 Å². The maximum atomic E-state index is 12.4. The Labute approximate surface area is 138 Å². The van der Waals surface area contributed by atoms with E-state index in [2.05, 4.69) is 0 Å². The minimum atomic E-state index is -0.883. The van der Waals surface area contributed by atoms with E-state index in [0.29, 0.717) is 0 Å². The fraction of sp³-hybridized carbons (Fsp3) is 0.750. The molecule has 5 aliphatic rings. The van der Waals surface area contributed by atoms with Crippen LogP contribution in [0.25, 0.3) is 0 Å². The summed E-state index contributed by atoms with van der Waals surface area (Å²) in [5, 5.41) is 0. The van der Waals surface area contributed by atoms with Crippen molar-refractivity contribution < 1.29 is 28.7 Å². The number of esters is 4. The summed E-state index contributed by atoms with van der Waals surface area (Å²) in [5.74, 6) is -1.98. The number of ether oxygens (including phenoxy) is 2. The summed E-state index contributed by atoms with van der Waals surface area (Å²) in [5.41, 5.74) is -3.38. The molecule has 0 aromatic carbocycles. The van der Waals surface area contributed by atoms with Crippen LogP contribution in [0.1, 0.15) is 27.7 Å². The molecule has 122 valence electrons. The third kappa shape index (κ3) is 0.932. The molecule has 3 saturated heterocycles. The molecule has 7 heteroatoms. The summed E-state index contributed by atoms with van der Waals surface area (Å²) in [6.45, 7) is 7.21. The molecule has 0 radical (unpaired) electrons. The second-order valence-corrected chi connectivity index (χ2v) is 10.9. The van der Waals surface area contributed by atoms with Gasteiger partial charge in [0, 0.05) is 0 Å². The van der Waals surface area contributed by atoms with Gasteiger partial charge in [0.1, 0.15) is 0 Å². The van der Waals surface area contributed by atoms with Gasteiger partial charge in [0.2, 0.25) is 0 Å². The van der Waals surface area contributed by atoms with Gasteiger partial charge in [-0.25, -0.2) is 0 Å². The van der Waals surface area contributed by atoms with E-state index in [1.165, 1.54) is 0 Å². The molecule has 0 bridgehead atoms. The van der Waals surface area contributed by atoms with Crippen molar-refractivity contribution in [2.45, 2.75) is 37.3 Å². The molecule has 0 aromatic heterocycles. The molecule has 0 amide bonds. The van der Waals surface area contributed by atoms with Crippen molar-refractivity contribution in [1.29, 1.82) is 0 Å². The molecule has 3 heterocycles. The van der Waals surface area contributed by atoms with Crippen LogP contribution in [0, 0.1) is 33.5 Å². The van der Waals surface area contributed by atoms with Crippen molar-refractivity contribution >= 4 is 38.8 Å². The first-order valence-electron chi connectivity index (χ1n) is 7.76. The Morgan fingerprint density at radius 1 is 0.652 bits per heavy atom. The van der Waals surface area contributed by atoms with E-state index in [9.17, 15) is 19.2 Å². The number of carbonyl (C=O) groups is 4. The van der Waals surface area contributed by atoms with E-state index in [4.69, 9.17) is 9.47 Å². The summed E-state index contributed by atoms with van der Waals surface area (Å²) in [7, 11) is 0. The van der Waals surface area contributed by atoms with Crippen molar-refractivity contribution in [3.05, 3.63) is 0 Å². The van der Waals surface area contributed by atoms with Gasteiger partial charge in [-0.15, -0.1) is 0 Å². The molecular weight excluding hydrogens is 367 g/mol. The molecule has 2 aliphatic carbocycles. The Hall–Kier alpha value is -1.20. The van der Waals surface area contributed by atoms with E-state index in [1.807, 2.05) is 13.8 Å². The van der Waals surface area contributed by atoms with Crippen LogP contribution in [0.5, 0.6) is 0 Å². The van der Waals surface area contributed by atoms with Crippen LogP contribution >= 0.6 is 0 Å². The Bertz CT molecular complexity index is 700. The van der Waals surface area contributed by atoms with Gasteiger partial charge in [-0.3, -0.25) is 0 Å². The fourth-order valence-corrected chi connectivity index (χ4v) is 11.9. The molecule has 0 aromatic rings. The number of rotatable bonds is 0. The standard InChI is InChI=1S/C16H16O6Se/c1-13-5-6-8(16(4)12(20)22-10(18)14(6,16)2)23-7(5)15(13,3)11(19)21-9(13)17/h5-8H,1-4H3/t5-,6-,7+,8+,13-,14+,15+,16-/m1/s1. The van der Waals surface area contributed by atoms with Crippen LogP contribution in [-0.4, -0.2) is 38.8 Å². The van der Waals surface area contributed by atoms with Crippen molar-refractivity contribution in [3.8, 4) is 0 Å². The zero-order chi connectivity index (χ0) is 16.7. The zero-order valence-electron chi connectivity index (χ0n) is 13.2. The topological polar surface area (TPSA) is 86.7 Å². The predicted molar refractivity (Wildman–Crippen MR) is 74.9 cm³/mol. The number of hydrogen-bond donors (Lipinski definition) is 0. The fourth-order valence-electron chi connectivity index (χ4n) is 6.05. The predicted octanol–water partition coefficient (Wildman–Crippen LogP) is 0.733.